The fourth-order valence-corrected chi connectivity index (χ4v) is 2.66. The van der Waals surface area contributed by atoms with Gasteiger partial charge in [-0.25, -0.2) is 5.01 Å². The van der Waals surface area contributed by atoms with Crippen molar-refractivity contribution in [3.63, 3.8) is 0 Å². The summed E-state index contributed by atoms with van der Waals surface area (Å²) < 4.78 is 0. The molecule has 15 heavy (non-hydrogen) atoms. The van der Waals surface area contributed by atoms with Crippen molar-refractivity contribution in [3.8, 4) is 0 Å². The van der Waals surface area contributed by atoms with Crippen LogP contribution in [0, 0.1) is 0 Å². The molecule has 0 aromatic carbocycles. The Morgan fingerprint density at radius 2 is 2.13 bits per heavy atom. The lowest BCUT2D eigenvalue weighted by Gasteiger charge is -2.36. The van der Waals surface area contributed by atoms with Crippen LogP contribution in [0.4, 0.5) is 0 Å². The number of aliphatic hydroxyl groups excluding tert-OH is 1. The molecule has 4 nitrogen and oxygen atoms in total. The van der Waals surface area contributed by atoms with Crippen LogP contribution in [-0.4, -0.2) is 46.3 Å². The van der Waals surface area contributed by atoms with Crippen molar-refractivity contribution in [2.45, 2.75) is 51.1 Å². The van der Waals surface area contributed by atoms with E-state index < -0.39 is 0 Å². The lowest BCUT2D eigenvalue weighted by Crippen LogP contribution is -2.50. The highest BCUT2D eigenvalue weighted by Crippen LogP contribution is 2.29. The summed E-state index contributed by atoms with van der Waals surface area (Å²) >= 11 is 0. The molecule has 0 aromatic rings. The third-order valence-corrected chi connectivity index (χ3v) is 3.53. The maximum Gasteiger partial charge on any atom is 0.238 e. The first-order valence-electron chi connectivity index (χ1n) is 5.93. The van der Waals surface area contributed by atoms with Crippen molar-refractivity contribution in [2.24, 2.45) is 0 Å². The number of rotatable bonds is 3. The number of hydrazine groups is 1. The first kappa shape index (κ1) is 10.9. The summed E-state index contributed by atoms with van der Waals surface area (Å²) in [5.41, 5.74) is 0. The molecule has 1 aliphatic heterocycles. The minimum absolute atomic E-state index is 0.0667. The van der Waals surface area contributed by atoms with Crippen LogP contribution in [0.3, 0.4) is 0 Å². The van der Waals surface area contributed by atoms with Crippen LogP contribution >= 0.6 is 0 Å². The van der Waals surface area contributed by atoms with Crippen LogP contribution in [0.15, 0.2) is 0 Å². The minimum atomic E-state index is 0.0667. The Morgan fingerprint density at radius 3 is 2.73 bits per heavy atom. The summed E-state index contributed by atoms with van der Waals surface area (Å²) in [4.78, 5) is 11.8. The Bertz CT molecular complexity index is 239. The molecule has 2 fully saturated rings. The average Bonchev–Trinajstić information content (AvgIpc) is 2.85. The Hall–Kier alpha value is -0.610. The van der Waals surface area contributed by atoms with Gasteiger partial charge >= 0.3 is 0 Å². The number of carbonyl (C=O) groups is 1. The van der Waals surface area contributed by atoms with E-state index in [1.165, 1.54) is 12.8 Å². The second kappa shape index (κ2) is 4.49. The van der Waals surface area contributed by atoms with Crippen LogP contribution in [0.25, 0.3) is 0 Å². The maximum absolute atomic E-state index is 11.8. The molecule has 4 heteroatoms. The SMILES string of the molecule is CC(CO)N1CCC(=O)N1C1CCCC1. The van der Waals surface area contributed by atoms with Crippen molar-refractivity contribution in [2.75, 3.05) is 13.2 Å². The number of hydrogen-bond donors (Lipinski definition) is 1. The molecule has 0 radical (unpaired) electrons. The normalized spacial score (nSPS) is 26.5. The topological polar surface area (TPSA) is 43.8 Å². The molecule has 1 unspecified atom stereocenters. The maximum atomic E-state index is 11.8. The van der Waals surface area contributed by atoms with Gasteiger partial charge in [-0.1, -0.05) is 12.8 Å². The molecule has 86 valence electrons. The van der Waals surface area contributed by atoms with Crippen LogP contribution in [-0.2, 0) is 4.79 Å². The standard InChI is InChI=1S/C11H20N2O2/c1-9(8-14)12-7-6-11(15)13(12)10-4-2-3-5-10/h9-10,14H,2-8H2,1H3. The average molecular weight is 212 g/mol. The Morgan fingerprint density at radius 1 is 1.47 bits per heavy atom. The van der Waals surface area contributed by atoms with E-state index in [2.05, 4.69) is 5.01 Å². The van der Waals surface area contributed by atoms with Gasteiger partial charge in [0.15, 0.2) is 0 Å². The molecular formula is C11H20N2O2. The summed E-state index contributed by atoms with van der Waals surface area (Å²) in [7, 11) is 0. The third-order valence-electron chi connectivity index (χ3n) is 3.53. The highest BCUT2D eigenvalue weighted by molar-refractivity contribution is 5.78. The van der Waals surface area contributed by atoms with Gasteiger partial charge in [0.25, 0.3) is 0 Å². The van der Waals surface area contributed by atoms with Crippen LogP contribution in [0.2, 0.25) is 0 Å². The fraction of sp³-hybridized carbons (Fsp3) is 0.909. The van der Waals surface area contributed by atoms with E-state index in [1.807, 2.05) is 11.9 Å². The molecule has 1 saturated carbocycles. The van der Waals surface area contributed by atoms with E-state index in [4.69, 9.17) is 5.11 Å². The highest BCUT2D eigenvalue weighted by atomic mass is 16.3. The van der Waals surface area contributed by atoms with E-state index >= 15 is 0 Å². The number of amides is 1. The molecule has 1 N–H and O–H groups in total. The van der Waals surface area contributed by atoms with E-state index in [0.717, 1.165) is 19.4 Å². The van der Waals surface area contributed by atoms with Crippen molar-refractivity contribution in [1.82, 2.24) is 10.0 Å². The molecule has 1 heterocycles. The van der Waals surface area contributed by atoms with Gasteiger partial charge in [0.05, 0.1) is 6.61 Å². The van der Waals surface area contributed by atoms with E-state index in [-0.39, 0.29) is 18.6 Å². The number of aliphatic hydroxyl groups is 1. The van der Waals surface area contributed by atoms with Gasteiger partial charge in [-0.05, 0) is 19.8 Å². The van der Waals surface area contributed by atoms with Crippen LogP contribution in [0.1, 0.15) is 39.0 Å². The Balaban J connectivity index is 2.07. The fourth-order valence-electron chi connectivity index (χ4n) is 2.66. The van der Waals surface area contributed by atoms with Gasteiger partial charge < -0.3 is 5.11 Å². The van der Waals surface area contributed by atoms with Gasteiger partial charge in [0.2, 0.25) is 5.91 Å². The molecule has 1 atom stereocenters. The summed E-state index contributed by atoms with van der Waals surface area (Å²) in [6.07, 6.45) is 5.33. The second-order valence-electron chi connectivity index (χ2n) is 4.62. The van der Waals surface area contributed by atoms with Gasteiger partial charge in [-0.3, -0.25) is 9.80 Å². The number of carbonyl (C=O) groups excluding carboxylic acids is 1. The van der Waals surface area contributed by atoms with Gasteiger partial charge in [0, 0.05) is 25.0 Å². The van der Waals surface area contributed by atoms with Gasteiger partial charge in [-0.2, -0.15) is 0 Å². The summed E-state index contributed by atoms with van der Waals surface area (Å²) in [5.74, 6) is 0.238. The monoisotopic (exact) mass is 212 g/mol. The highest BCUT2D eigenvalue weighted by Gasteiger charge is 2.37. The second-order valence-corrected chi connectivity index (χ2v) is 4.62. The van der Waals surface area contributed by atoms with Crippen molar-refractivity contribution in [3.05, 3.63) is 0 Å². The van der Waals surface area contributed by atoms with Crippen LogP contribution in [0.5, 0.6) is 0 Å². The molecule has 2 aliphatic rings. The predicted octanol–water partition coefficient (Wildman–Crippen LogP) is 0.759. The zero-order chi connectivity index (χ0) is 10.8. The molecular weight excluding hydrogens is 192 g/mol. The third kappa shape index (κ3) is 2.01. The Labute approximate surface area is 90.8 Å². The molecule has 0 spiro atoms. The van der Waals surface area contributed by atoms with Crippen molar-refractivity contribution < 1.29 is 9.90 Å². The molecule has 1 aliphatic carbocycles. The minimum Gasteiger partial charge on any atom is -0.395 e. The first-order valence-corrected chi connectivity index (χ1v) is 5.93. The zero-order valence-corrected chi connectivity index (χ0v) is 9.35. The van der Waals surface area contributed by atoms with E-state index in [0.29, 0.717) is 12.5 Å². The first-order chi connectivity index (χ1) is 7.24. The quantitative estimate of drug-likeness (QED) is 0.751. The number of hydrogen-bond acceptors (Lipinski definition) is 3. The van der Waals surface area contributed by atoms with E-state index in [1.54, 1.807) is 0 Å². The molecule has 1 saturated heterocycles. The zero-order valence-electron chi connectivity index (χ0n) is 9.35. The summed E-state index contributed by atoms with van der Waals surface area (Å²) in [5, 5.41) is 13.1. The molecule has 2 rings (SSSR count). The largest absolute Gasteiger partial charge is 0.395 e. The Kier molecular flexibility index (Phi) is 3.26. The molecule has 0 aromatic heterocycles. The van der Waals surface area contributed by atoms with Gasteiger partial charge in [-0.15, -0.1) is 0 Å². The van der Waals surface area contributed by atoms with Crippen LogP contribution < -0.4 is 0 Å². The smallest absolute Gasteiger partial charge is 0.238 e. The molecule has 0 bridgehead atoms. The summed E-state index contributed by atoms with van der Waals surface area (Å²) in [6.45, 7) is 2.87. The van der Waals surface area contributed by atoms with Crippen molar-refractivity contribution in [1.29, 1.82) is 0 Å². The van der Waals surface area contributed by atoms with Gasteiger partial charge in [0.1, 0.15) is 0 Å². The van der Waals surface area contributed by atoms with E-state index in [9.17, 15) is 4.79 Å². The predicted molar refractivity (Wildman–Crippen MR) is 57.0 cm³/mol. The lowest BCUT2D eigenvalue weighted by atomic mass is 10.2. The van der Waals surface area contributed by atoms with Crippen molar-refractivity contribution >= 4 is 5.91 Å². The summed E-state index contributed by atoms with van der Waals surface area (Å²) in [6, 6.07) is 0.464. The lowest BCUT2D eigenvalue weighted by molar-refractivity contribution is -0.147. The molecule has 1 amide bonds. The number of nitrogens with zero attached hydrogens (tertiary/aromatic N) is 2.